The topological polar surface area (TPSA) is 56.1 Å². The summed E-state index contributed by atoms with van der Waals surface area (Å²) in [5, 5.41) is 12.2. The summed E-state index contributed by atoms with van der Waals surface area (Å²) in [6, 6.07) is 18.3. The van der Waals surface area contributed by atoms with Crippen LogP contribution in [0.3, 0.4) is 0 Å². The quantitative estimate of drug-likeness (QED) is 0.920. The molecular formula is C21H21N3O. The van der Waals surface area contributed by atoms with E-state index in [4.69, 9.17) is 5.26 Å². The minimum Gasteiger partial charge on any atom is -0.351 e. The van der Waals surface area contributed by atoms with E-state index in [1.54, 1.807) is 0 Å². The van der Waals surface area contributed by atoms with Crippen LogP contribution in [0.15, 0.2) is 48.5 Å². The summed E-state index contributed by atoms with van der Waals surface area (Å²) in [5.74, 6) is 0.178. The van der Waals surface area contributed by atoms with E-state index < -0.39 is 0 Å². The molecule has 1 amide bonds. The Kier molecular flexibility index (Phi) is 4.03. The van der Waals surface area contributed by atoms with Crippen molar-refractivity contribution in [3.8, 4) is 6.07 Å². The maximum absolute atomic E-state index is 12.8. The zero-order valence-electron chi connectivity index (χ0n) is 14.2. The molecule has 0 bridgehead atoms. The van der Waals surface area contributed by atoms with Gasteiger partial charge in [-0.3, -0.25) is 9.69 Å². The maximum Gasteiger partial charge on any atom is 0.228 e. The summed E-state index contributed by atoms with van der Waals surface area (Å²) >= 11 is 0. The largest absolute Gasteiger partial charge is 0.351 e. The van der Waals surface area contributed by atoms with E-state index in [0.29, 0.717) is 12.1 Å². The van der Waals surface area contributed by atoms with Crippen molar-refractivity contribution < 1.29 is 4.79 Å². The lowest BCUT2D eigenvalue weighted by Gasteiger charge is -2.26. The Morgan fingerprint density at radius 3 is 2.84 bits per heavy atom. The van der Waals surface area contributed by atoms with Crippen molar-refractivity contribution in [2.24, 2.45) is 5.41 Å². The molecule has 4 rings (SSSR count). The van der Waals surface area contributed by atoms with Crippen molar-refractivity contribution in [1.29, 1.82) is 5.26 Å². The number of nitrogens with one attached hydrogen (secondary N) is 1. The second-order valence-corrected chi connectivity index (χ2v) is 7.18. The van der Waals surface area contributed by atoms with Crippen molar-refractivity contribution in [1.82, 2.24) is 10.2 Å². The highest BCUT2D eigenvalue weighted by Crippen LogP contribution is 2.37. The Morgan fingerprint density at radius 1 is 1.16 bits per heavy atom. The molecule has 2 heterocycles. The van der Waals surface area contributed by atoms with Crippen LogP contribution in [0.25, 0.3) is 0 Å². The molecule has 4 heteroatoms. The first-order valence-electron chi connectivity index (χ1n) is 8.75. The summed E-state index contributed by atoms with van der Waals surface area (Å²) in [7, 11) is 0. The highest BCUT2D eigenvalue weighted by atomic mass is 16.2. The molecule has 2 aliphatic heterocycles. The first-order valence-corrected chi connectivity index (χ1v) is 8.75. The van der Waals surface area contributed by atoms with Gasteiger partial charge in [0.05, 0.1) is 17.0 Å². The normalized spacial score (nSPS) is 22.9. The van der Waals surface area contributed by atoms with Gasteiger partial charge < -0.3 is 5.32 Å². The molecule has 1 fully saturated rings. The average Bonchev–Trinajstić information content (AvgIpc) is 2.98. The van der Waals surface area contributed by atoms with Crippen LogP contribution in [0.1, 0.15) is 28.7 Å². The number of nitrogens with zero attached hydrogens (tertiary/aromatic N) is 2. The number of carbonyl (C=O) groups excluding carboxylic acids is 1. The molecular weight excluding hydrogens is 310 g/mol. The number of hydrogen-bond donors (Lipinski definition) is 1. The number of fused-ring (bicyclic) bond motifs is 1. The molecule has 1 spiro atoms. The van der Waals surface area contributed by atoms with Gasteiger partial charge in [-0.1, -0.05) is 36.4 Å². The fraction of sp³-hybridized carbons (Fsp3) is 0.333. The Bertz CT molecular complexity index is 854. The Balaban J connectivity index is 1.54. The van der Waals surface area contributed by atoms with Crippen LogP contribution in [0.2, 0.25) is 0 Å². The molecule has 0 radical (unpaired) electrons. The zero-order chi connectivity index (χ0) is 17.3. The molecule has 1 unspecified atom stereocenters. The standard InChI is InChI=1S/C21H21N3O/c22-12-16-4-3-5-17(10-16)14-24-9-8-21(15-24)11-18-6-1-2-7-19(18)13-23-20(21)25/h1-7,10H,8-9,11,13-15H2,(H,23,25). The van der Waals surface area contributed by atoms with Gasteiger partial charge >= 0.3 is 0 Å². The van der Waals surface area contributed by atoms with Crippen LogP contribution in [0.4, 0.5) is 0 Å². The van der Waals surface area contributed by atoms with Crippen LogP contribution >= 0.6 is 0 Å². The van der Waals surface area contributed by atoms with E-state index in [2.05, 4.69) is 34.5 Å². The number of rotatable bonds is 2. The highest BCUT2D eigenvalue weighted by Gasteiger charge is 2.45. The number of benzene rings is 2. The van der Waals surface area contributed by atoms with Gasteiger partial charge in [0.15, 0.2) is 0 Å². The van der Waals surface area contributed by atoms with E-state index in [9.17, 15) is 4.79 Å². The monoisotopic (exact) mass is 331 g/mol. The lowest BCUT2D eigenvalue weighted by Crippen LogP contribution is -2.42. The van der Waals surface area contributed by atoms with Gasteiger partial charge in [0, 0.05) is 19.6 Å². The predicted octanol–water partition coefficient (Wildman–Crippen LogP) is 2.62. The SMILES string of the molecule is N#Cc1cccc(CN2CCC3(Cc4ccccc4CNC3=O)C2)c1. The molecule has 1 N–H and O–H groups in total. The minimum absolute atomic E-state index is 0.178. The highest BCUT2D eigenvalue weighted by molar-refractivity contribution is 5.84. The number of amides is 1. The molecule has 2 aromatic rings. The van der Waals surface area contributed by atoms with Crippen LogP contribution in [-0.2, 0) is 24.3 Å². The molecule has 1 atom stereocenters. The number of carbonyl (C=O) groups is 1. The zero-order valence-corrected chi connectivity index (χ0v) is 14.2. The summed E-state index contributed by atoms with van der Waals surface area (Å²) in [6.07, 6.45) is 1.69. The number of likely N-dealkylation sites (tertiary alicyclic amines) is 1. The van der Waals surface area contributed by atoms with Gasteiger partial charge in [-0.15, -0.1) is 0 Å². The van der Waals surface area contributed by atoms with Crippen LogP contribution < -0.4 is 5.32 Å². The third-order valence-corrected chi connectivity index (χ3v) is 5.46. The van der Waals surface area contributed by atoms with Crippen LogP contribution in [0.5, 0.6) is 0 Å². The van der Waals surface area contributed by atoms with Gasteiger partial charge in [0.25, 0.3) is 0 Å². The van der Waals surface area contributed by atoms with Gasteiger partial charge in [-0.2, -0.15) is 5.26 Å². The number of nitriles is 1. The molecule has 1 saturated heterocycles. The van der Waals surface area contributed by atoms with Crippen molar-refractivity contribution >= 4 is 5.91 Å². The van der Waals surface area contributed by atoms with Crippen molar-refractivity contribution in [3.05, 3.63) is 70.8 Å². The Morgan fingerprint density at radius 2 is 2.00 bits per heavy atom. The van der Waals surface area contributed by atoms with E-state index in [-0.39, 0.29) is 11.3 Å². The molecule has 25 heavy (non-hydrogen) atoms. The van der Waals surface area contributed by atoms with Gasteiger partial charge in [0.1, 0.15) is 0 Å². The van der Waals surface area contributed by atoms with Crippen molar-refractivity contribution in [2.75, 3.05) is 13.1 Å². The Hall–Kier alpha value is -2.64. The van der Waals surface area contributed by atoms with Crippen LogP contribution in [-0.4, -0.2) is 23.9 Å². The second-order valence-electron chi connectivity index (χ2n) is 7.18. The molecule has 0 aliphatic carbocycles. The van der Waals surface area contributed by atoms with E-state index >= 15 is 0 Å². The van der Waals surface area contributed by atoms with Gasteiger partial charge in [0.2, 0.25) is 5.91 Å². The summed E-state index contributed by atoms with van der Waals surface area (Å²) in [5.41, 5.74) is 4.00. The predicted molar refractivity (Wildman–Crippen MR) is 95.5 cm³/mol. The second kappa shape index (κ2) is 6.34. The minimum atomic E-state index is -0.334. The van der Waals surface area contributed by atoms with Crippen molar-refractivity contribution in [3.63, 3.8) is 0 Å². The smallest absolute Gasteiger partial charge is 0.228 e. The molecule has 0 aromatic heterocycles. The van der Waals surface area contributed by atoms with E-state index in [1.165, 1.54) is 11.1 Å². The average molecular weight is 331 g/mol. The summed E-state index contributed by atoms with van der Waals surface area (Å²) < 4.78 is 0. The first-order chi connectivity index (χ1) is 12.2. The third kappa shape index (κ3) is 3.04. The lowest BCUT2D eigenvalue weighted by atomic mass is 9.80. The molecule has 126 valence electrons. The molecule has 4 nitrogen and oxygen atoms in total. The molecule has 2 aliphatic rings. The molecule has 2 aromatic carbocycles. The van der Waals surface area contributed by atoms with E-state index in [1.807, 2.05) is 30.3 Å². The fourth-order valence-electron chi connectivity index (χ4n) is 4.13. The summed E-state index contributed by atoms with van der Waals surface area (Å²) in [4.78, 5) is 15.2. The third-order valence-electron chi connectivity index (χ3n) is 5.46. The first kappa shape index (κ1) is 15.9. The van der Waals surface area contributed by atoms with Gasteiger partial charge in [-0.05, 0) is 48.2 Å². The van der Waals surface area contributed by atoms with Gasteiger partial charge in [-0.25, -0.2) is 0 Å². The summed E-state index contributed by atoms with van der Waals surface area (Å²) in [6.45, 7) is 3.09. The molecule has 0 saturated carbocycles. The van der Waals surface area contributed by atoms with Crippen LogP contribution in [0, 0.1) is 16.7 Å². The van der Waals surface area contributed by atoms with Crippen molar-refractivity contribution in [2.45, 2.75) is 25.9 Å². The Labute approximate surface area is 148 Å². The maximum atomic E-state index is 12.8. The van der Waals surface area contributed by atoms with E-state index in [0.717, 1.165) is 38.0 Å². The lowest BCUT2D eigenvalue weighted by molar-refractivity contribution is -0.130. The fourth-order valence-corrected chi connectivity index (χ4v) is 4.13. The number of hydrogen-bond acceptors (Lipinski definition) is 3.